The van der Waals surface area contributed by atoms with Crippen molar-refractivity contribution in [2.24, 2.45) is 0 Å². The van der Waals surface area contributed by atoms with Gasteiger partial charge in [0.2, 0.25) is 0 Å². The fraction of sp³-hybridized carbons (Fsp3) is 0.467. The number of likely N-dealkylation sites (N-methyl/N-ethyl adjacent to an activating group) is 1. The quantitative estimate of drug-likeness (QED) is 0.833. The van der Waals surface area contributed by atoms with Crippen LogP contribution in [0.25, 0.3) is 10.2 Å². The van der Waals surface area contributed by atoms with Crippen molar-refractivity contribution in [1.29, 1.82) is 0 Å². The molecule has 0 aromatic carbocycles. The molecule has 0 aliphatic carbocycles. The van der Waals surface area contributed by atoms with Gasteiger partial charge in [0.25, 0.3) is 5.91 Å². The molecule has 6 heteroatoms. The molecule has 0 unspecified atom stereocenters. The fourth-order valence-corrected chi connectivity index (χ4v) is 3.34. The number of carbonyl (C=O) groups is 1. The number of ether oxygens (including phenoxy) is 1. The summed E-state index contributed by atoms with van der Waals surface area (Å²) in [5, 5.41) is 0.895. The first-order chi connectivity index (χ1) is 10.1. The molecule has 0 aliphatic heterocycles. The third-order valence-corrected chi connectivity index (χ3v) is 4.51. The first-order valence-corrected chi connectivity index (χ1v) is 7.92. The Labute approximate surface area is 128 Å². The summed E-state index contributed by atoms with van der Waals surface area (Å²) in [5.41, 5.74) is 7.77. The molecule has 2 N–H and O–H groups in total. The summed E-state index contributed by atoms with van der Waals surface area (Å²) in [7, 11) is 0. The van der Waals surface area contributed by atoms with Crippen LogP contribution in [-0.4, -0.2) is 42.1 Å². The summed E-state index contributed by atoms with van der Waals surface area (Å²) >= 11 is 1.36. The van der Waals surface area contributed by atoms with E-state index in [2.05, 4.69) is 4.98 Å². The first kappa shape index (κ1) is 15.7. The Morgan fingerprint density at radius 3 is 2.86 bits per heavy atom. The van der Waals surface area contributed by atoms with Gasteiger partial charge in [-0.15, -0.1) is 11.3 Å². The average Bonchev–Trinajstić information content (AvgIpc) is 2.81. The van der Waals surface area contributed by atoms with Crippen LogP contribution in [0.3, 0.4) is 0 Å². The molecule has 0 spiro atoms. The topological polar surface area (TPSA) is 68.5 Å². The van der Waals surface area contributed by atoms with Crippen LogP contribution in [-0.2, 0) is 4.74 Å². The van der Waals surface area contributed by atoms with Crippen molar-refractivity contribution in [3.05, 3.63) is 22.7 Å². The van der Waals surface area contributed by atoms with Crippen LogP contribution in [0.2, 0.25) is 0 Å². The van der Waals surface area contributed by atoms with Crippen molar-refractivity contribution in [2.45, 2.75) is 20.8 Å². The van der Waals surface area contributed by atoms with Gasteiger partial charge in [0.1, 0.15) is 9.71 Å². The van der Waals surface area contributed by atoms with E-state index in [1.807, 2.05) is 26.8 Å². The third-order valence-electron chi connectivity index (χ3n) is 3.41. The molecular weight excluding hydrogens is 286 g/mol. The molecule has 0 atom stereocenters. The minimum atomic E-state index is -0.0443. The zero-order valence-electron chi connectivity index (χ0n) is 12.7. The molecule has 2 heterocycles. The Bertz CT molecular complexity index is 639. The fourth-order valence-electron chi connectivity index (χ4n) is 2.23. The van der Waals surface area contributed by atoms with Gasteiger partial charge in [0.05, 0.1) is 12.3 Å². The maximum Gasteiger partial charge on any atom is 0.266 e. The number of aryl methyl sites for hydroxylation is 1. The molecule has 5 nitrogen and oxygen atoms in total. The number of nitrogen functional groups attached to an aromatic ring is 1. The lowest BCUT2D eigenvalue weighted by Crippen LogP contribution is -2.33. The molecular formula is C15H21N3O2S. The summed E-state index contributed by atoms with van der Waals surface area (Å²) in [6, 6.07) is 1.91. The second-order valence-corrected chi connectivity index (χ2v) is 5.73. The third kappa shape index (κ3) is 3.16. The molecule has 2 rings (SSSR count). The number of carbonyl (C=O) groups excluding carboxylic acids is 1. The van der Waals surface area contributed by atoms with Crippen LogP contribution in [0.1, 0.15) is 29.1 Å². The lowest BCUT2D eigenvalue weighted by Gasteiger charge is -2.20. The first-order valence-electron chi connectivity index (χ1n) is 7.10. The SMILES string of the molecule is CCOCCN(CC)C(=O)c1sc2nccc(C)c2c1N. The summed E-state index contributed by atoms with van der Waals surface area (Å²) in [4.78, 5) is 20.1. The Morgan fingerprint density at radius 1 is 1.48 bits per heavy atom. The molecule has 0 aliphatic rings. The Kier molecular flexibility index (Phi) is 5.14. The Hall–Kier alpha value is -1.66. The second-order valence-electron chi connectivity index (χ2n) is 4.73. The van der Waals surface area contributed by atoms with Gasteiger partial charge in [-0.1, -0.05) is 0 Å². The van der Waals surface area contributed by atoms with E-state index in [0.717, 1.165) is 15.8 Å². The van der Waals surface area contributed by atoms with Crippen LogP contribution in [0.5, 0.6) is 0 Å². The number of fused-ring (bicyclic) bond motifs is 1. The van der Waals surface area contributed by atoms with Gasteiger partial charge in [0.15, 0.2) is 0 Å². The number of hydrogen-bond acceptors (Lipinski definition) is 5. The maximum atomic E-state index is 12.6. The molecule has 0 bridgehead atoms. The summed E-state index contributed by atoms with van der Waals surface area (Å²) in [6.07, 6.45) is 1.74. The number of thiophene rings is 1. The zero-order valence-corrected chi connectivity index (χ0v) is 13.5. The van der Waals surface area contributed by atoms with Gasteiger partial charge in [-0.25, -0.2) is 4.98 Å². The minimum absolute atomic E-state index is 0.0443. The van der Waals surface area contributed by atoms with Crippen LogP contribution in [0.4, 0.5) is 5.69 Å². The number of anilines is 1. The standard InChI is InChI=1S/C15H21N3O2S/c1-4-18(8-9-20-5-2)15(19)13-12(16)11-10(3)6-7-17-14(11)21-13/h6-7H,4-5,8-9,16H2,1-3H3. The number of pyridine rings is 1. The van der Waals surface area contributed by atoms with Gasteiger partial charge < -0.3 is 15.4 Å². The van der Waals surface area contributed by atoms with Gasteiger partial charge in [-0.2, -0.15) is 0 Å². The van der Waals surface area contributed by atoms with E-state index in [0.29, 0.717) is 36.9 Å². The van der Waals surface area contributed by atoms with E-state index in [4.69, 9.17) is 10.5 Å². The number of nitrogens with zero attached hydrogens (tertiary/aromatic N) is 2. The molecule has 0 fully saturated rings. The molecule has 2 aromatic rings. The minimum Gasteiger partial charge on any atom is -0.397 e. The van der Waals surface area contributed by atoms with Crippen molar-refractivity contribution in [2.75, 3.05) is 32.0 Å². The highest BCUT2D eigenvalue weighted by Crippen LogP contribution is 2.34. The van der Waals surface area contributed by atoms with E-state index < -0.39 is 0 Å². The normalized spacial score (nSPS) is 11.0. The number of nitrogens with two attached hydrogens (primary N) is 1. The van der Waals surface area contributed by atoms with Crippen molar-refractivity contribution < 1.29 is 9.53 Å². The van der Waals surface area contributed by atoms with Crippen molar-refractivity contribution in [1.82, 2.24) is 9.88 Å². The van der Waals surface area contributed by atoms with Crippen LogP contribution in [0.15, 0.2) is 12.3 Å². The van der Waals surface area contributed by atoms with Crippen LogP contribution < -0.4 is 5.73 Å². The number of rotatable bonds is 6. The van der Waals surface area contributed by atoms with Crippen LogP contribution >= 0.6 is 11.3 Å². The Balaban J connectivity index is 2.30. The molecule has 0 saturated carbocycles. The zero-order chi connectivity index (χ0) is 15.4. The van der Waals surface area contributed by atoms with Gasteiger partial charge in [-0.05, 0) is 32.4 Å². The van der Waals surface area contributed by atoms with E-state index in [9.17, 15) is 4.79 Å². The predicted octanol–water partition coefficient (Wildman–Crippen LogP) is 2.69. The maximum absolute atomic E-state index is 12.6. The highest BCUT2D eigenvalue weighted by molar-refractivity contribution is 7.21. The van der Waals surface area contributed by atoms with Gasteiger partial charge >= 0.3 is 0 Å². The lowest BCUT2D eigenvalue weighted by atomic mass is 10.1. The van der Waals surface area contributed by atoms with Crippen LogP contribution in [0, 0.1) is 6.92 Å². The van der Waals surface area contributed by atoms with E-state index >= 15 is 0 Å². The lowest BCUT2D eigenvalue weighted by molar-refractivity contribution is 0.0674. The molecule has 1 amide bonds. The largest absolute Gasteiger partial charge is 0.397 e. The van der Waals surface area contributed by atoms with Crippen molar-refractivity contribution in [3.63, 3.8) is 0 Å². The van der Waals surface area contributed by atoms with E-state index in [-0.39, 0.29) is 5.91 Å². The highest BCUT2D eigenvalue weighted by atomic mass is 32.1. The summed E-state index contributed by atoms with van der Waals surface area (Å²) in [5.74, 6) is -0.0443. The molecule has 21 heavy (non-hydrogen) atoms. The molecule has 0 radical (unpaired) electrons. The monoisotopic (exact) mass is 307 g/mol. The van der Waals surface area contributed by atoms with E-state index in [1.165, 1.54) is 11.3 Å². The summed E-state index contributed by atoms with van der Waals surface area (Å²) < 4.78 is 5.33. The molecule has 2 aromatic heterocycles. The second kappa shape index (κ2) is 6.87. The average molecular weight is 307 g/mol. The molecule has 0 saturated heterocycles. The van der Waals surface area contributed by atoms with Crippen molar-refractivity contribution >= 4 is 33.1 Å². The number of aromatic nitrogens is 1. The van der Waals surface area contributed by atoms with Gasteiger partial charge in [-0.3, -0.25) is 4.79 Å². The number of amides is 1. The number of hydrogen-bond donors (Lipinski definition) is 1. The predicted molar refractivity (Wildman–Crippen MR) is 86.8 cm³/mol. The highest BCUT2D eigenvalue weighted by Gasteiger charge is 2.22. The van der Waals surface area contributed by atoms with Gasteiger partial charge in [0, 0.05) is 31.3 Å². The summed E-state index contributed by atoms with van der Waals surface area (Å²) in [6.45, 7) is 8.27. The smallest absolute Gasteiger partial charge is 0.266 e. The van der Waals surface area contributed by atoms with Crippen molar-refractivity contribution in [3.8, 4) is 0 Å². The Morgan fingerprint density at radius 2 is 2.24 bits per heavy atom. The van der Waals surface area contributed by atoms with E-state index in [1.54, 1.807) is 11.1 Å². The molecule has 114 valence electrons.